The maximum Gasteiger partial charge on any atom is 0.349 e. The van der Waals surface area contributed by atoms with Crippen LogP contribution in [0.25, 0.3) is 0 Å². The fourth-order valence-electron chi connectivity index (χ4n) is 1.43. The molecule has 0 fully saturated rings. The van der Waals surface area contributed by atoms with Crippen molar-refractivity contribution in [3.63, 3.8) is 0 Å². The molecule has 0 rings (SSSR count). The molecular formula is C16H30O2Si. The molecule has 0 aromatic carbocycles. The molecule has 0 amide bonds. The summed E-state index contributed by atoms with van der Waals surface area (Å²) in [4.78, 5) is 0. The van der Waals surface area contributed by atoms with Gasteiger partial charge in [0.1, 0.15) is 0 Å². The summed E-state index contributed by atoms with van der Waals surface area (Å²) in [5, 5.41) is 0. The monoisotopic (exact) mass is 282 g/mol. The molecule has 0 aliphatic rings. The molecule has 0 saturated carbocycles. The van der Waals surface area contributed by atoms with E-state index in [-0.39, 0.29) is 11.2 Å². The van der Waals surface area contributed by atoms with Crippen molar-refractivity contribution in [2.24, 2.45) is 0 Å². The Kier molecular flexibility index (Phi) is 8.22. The first-order valence-electron chi connectivity index (χ1n) is 7.18. The van der Waals surface area contributed by atoms with E-state index in [9.17, 15) is 0 Å². The van der Waals surface area contributed by atoms with Crippen LogP contribution in [0.3, 0.4) is 0 Å². The van der Waals surface area contributed by atoms with Gasteiger partial charge in [-0.1, -0.05) is 39.0 Å². The highest BCUT2D eigenvalue weighted by Gasteiger charge is 2.29. The van der Waals surface area contributed by atoms with E-state index in [0.717, 1.165) is 19.3 Å². The van der Waals surface area contributed by atoms with Crippen LogP contribution in [-0.2, 0) is 8.85 Å². The fraction of sp³-hybridized carbons (Fsp3) is 0.625. The quantitative estimate of drug-likeness (QED) is 0.435. The predicted octanol–water partition coefficient (Wildman–Crippen LogP) is 4.45. The molecule has 0 aromatic rings. The lowest BCUT2D eigenvalue weighted by atomic mass is 10.1. The lowest BCUT2D eigenvalue weighted by molar-refractivity contribution is 0.0462. The fourth-order valence-corrected chi connectivity index (χ4v) is 3.72. The van der Waals surface area contributed by atoms with Crippen molar-refractivity contribution in [1.29, 1.82) is 0 Å². The van der Waals surface area contributed by atoms with Gasteiger partial charge in [0.25, 0.3) is 0 Å². The van der Waals surface area contributed by atoms with E-state index in [0.29, 0.717) is 0 Å². The standard InChI is InChI=1S/C16H30O2Si/c1-8-13-14-19(17-15(6,9-2)10-3)18-16(7,11-4)12-5/h9,11,13-14,19H,2,4,8,10,12H2,1,3,5-7H3. The predicted molar refractivity (Wildman–Crippen MR) is 86.5 cm³/mol. The van der Waals surface area contributed by atoms with E-state index in [2.05, 4.69) is 59.6 Å². The third-order valence-corrected chi connectivity index (χ3v) is 5.70. The second-order valence-corrected chi connectivity index (χ2v) is 6.77. The molecule has 0 bridgehead atoms. The second kappa shape index (κ2) is 8.51. The van der Waals surface area contributed by atoms with E-state index in [1.807, 2.05) is 12.2 Å². The average molecular weight is 282 g/mol. The highest BCUT2D eigenvalue weighted by Crippen LogP contribution is 2.23. The molecule has 0 aliphatic carbocycles. The molecule has 3 heteroatoms. The van der Waals surface area contributed by atoms with Crippen LogP contribution in [0.2, 0.25) is 0 Å². The van der Waals surface area contributed by atoms with Gasteiger partial charge < -0.3 is 8.85 Å². The molecule has 110 valence electrons. The number of hydrogen-bond donors (Lipinski definition) is 0. The average Bonchev–Trinajstić information content (AvgIpc) is 2.44. The van der Waals surface area contributed by atoms with Crippen LogP contribution in [0.1, 0.15) is 53.9 Å². The lowest BCUT2D eigenvalue weighted by Crippen LogP contribution is -2.40. The molecule has 0 radical (unpaired) electrons. The van der Waals surface area contributed by atoms with Crippen LogP contribution in [0.15, 0.2) is 37.1 Å². The molecule has 0 spiro atoms. The zero-order chi connectivity index (χ0) is 14.9. The Balaban J connectivity index is 4.96. The van der Waals surface area contributed by atoms with E-state index < -0.39 is 9.28 Å². The Morgan fingerprint density at radius 3 is 1.63 bits per heavy atom. The number of rotatable bonds is 10. The van der Waals surface area contributed by atoms with E-state index in [1.165, 1.54) is 0 Å². The molecule has 2 nitrogen and oxygen atoms in total. The Bertz CT molecular complexity index is 290. The normalized spacial score (nSPS) is 19.6. The third-order valence-electron chi connectivity index (χ3n) is 3.57. The van der Waals surface area contributed by atoms with Crippen molar-refractivity contribution in [2.45, 2.75) is 65.1 Å². The van der Waals surface area contributed by atoms with Gasteiger partial charge in [0, 0.05) is 0 Å². The van der Waals surface area contributed by atoms with Gasteiger partial charge in [0.05, 0.1) is 11.2 Å². The van der Waals surface area contributed by atoms with Crippen LogP contribution < -0.4 is 0 Å². The van der Waals surface area contributed by atoms with E-state index in [1.54, 1.807) is 0 Å². The SMILES string of the molecule is C=CC(C)(CC)O[SiH](C=CCC)OC(C)(C=C)CC. The number of hydrogen-bond acceptors (Lipinski definition) is 2. The van der Waals surface area contributed by atoms with Crippen LogP contribution in [0.4, 0.5) is 0 Å². The van der Waals surface area contributed by atoms with Crippen molar-refractivity contribution >= 4 is 9.28 Å². The molecule has 0 saturated heterocycles. The minimum Gasteiger partial charge on any atom is -0.384 e. The second-order valence-electron chi connectivity index (χ2n) is 5.18. The van der Waals surface area contributed by atoms with E-state index >= 15 is 0 Å². The summed E-state index contributed by atoms with van der Waals surface area (Å²) < 4.78 is 12.4. The smallest absolute Gasteiger partial charge is 0.349 e. The largest absolute Gasteiger partial charge is 0.384 e. The van der Waals surface area contributed by atoms with Crippen molar-refractivity contribution in [1.82, 2.24) is 0 Å². The maximum atomic E-state index is 6.20. The van der Waals surface area contributed by atoms with Gasteiger partial charge in [-0.25, -0.2) is 0 Å². The van der Waals surface area contributed by atoms with Crippen LogP contribution >= 0.6 is 0 Å². The Morgan fingerprint density at radius 1 is 0.947 bits per heavy atom. The van der Waals surface area contributed by atoms with Crippen molar-refractivity contribution < 1.29 is 8.85 Å². The molecule has 2 atom stereocenters. The van der Waals surface area contributed by atoms with Crippen LogP contribution in [0, 0.1) is 0 Å². The van der Waals surface area contributed by atoms with Crippen molar-refractivity contribution in [3.05, 3.63) is 37.1 Å². The summed E-state index contributed by atoms with van der Waals surface area (Å²) in [6.45, 7) is 18.2. The molecular weight excluding hydrogens is 252 g/mol. The minimum atomic E-state index is -1.90. The summed E-state index contributed by atoms with van der Waals surface area (Å²) in [5.41, 5.74) is 1.48. The van der Waals surface area contributed by atoms with Crippen molar-refractivity contribution in [3.8, 4) is 0 Å². The zero-order valence-corrected chi connectivity index (χ0v) is 14.4. The first-order valence-corrected chi connectivity index (χ1v) is 8.79. The van der Waals surface area contributed by atoms with Gasteiger partial charge in [0.15, 0.2) is 0 Å². The molecule has 0 aliphatic heterocycles. The summed E-state index contributed by atoms with van der Waals surface area (Å²) in [7, 11) is -1.90. The number of allylic oxidation sites excluding steroid dienone is 1. The van der Waals surface area contributed by atoms with Crippen molar-refractivity contribution in [2.75, 3.05) is 0 Å². The van der Waals surface area contributed by atoms with Gasteiger partial charge in [-0.2, -0.15) is 0 Å². The molecule has 0 aromatic heterocycles. The highest BCUT2D eigenvalue weighted by atomic mass is 28.3. The Hall–Kier alpha value is -0.643. The van der Waals surface area contributed by atoms with Crippen LogP contribution in [-0.4, -0.2) is 20.5 Å². The summed E-state index contributed by atoms with van der Waals surface area (Å²) >= 11 is 0. The zero-order valence-electron chi connectivity index (χ0n) is 13.2. The third kappa shape index (κ3) is 6.37. The summed E-state index contributed by atoms with van der Waals surface area (Å²) in [6, 6.07) is 0. The topological polar surface area (TPSA) is 18.5 Å². The Morgan fingerprint density at radius 2 is 1.37 bits per heavy atom. The van der Waals surface area contributed by atoms with Gasteiger partial charge in [-0.3, -0.25) is 0 Å². The van der Waals surface area contributed by atoms with Gasteiger partial charge in [-0.15, -0.1) is 13.2 Å². The first kappa shape index (κ1) is 18.4. The minimum absolute atomic E-state index is 0.315. The molecule has 0 N–H and O–H groups in total. The first-order chi connectivity index (χ1) is 8.88. The van der Waals surface area contributed by atoms with Gasteiger partial charge in [-0.05, 0) is 38.8 Å². The molecule has 2 unspecified atom stereocenters. The highest BCUT2D eigenvalue weighted by molar-refractivity contribution is 6.51. The Labute approximate surface area is 121 Å². The molecule has 19 heavy (non-hydrogen) atoms. The van der Waals surface area contributed by atoms with Gasteiger partial charge >= 0.3 is 9.28 Å². The van der Waals surface area contributed by atoms with E-state index in [4.69, 9.17) is 8.85 Å². The maximum absolute atomic E-state index is 6.20. The lowest BCUT2D eigenvalue weighted by Gasteiger charge is -2.34. The summed E-state index contributed by atoms with van der Waals surface area (Å²) in [6.07, 6.45) is 8.63. The molecule has 0 heterocycles. The summed E-state index contributed by atoms with van der Waals surface area (Å²) in [5.74, 6) is 0. The van der Waals surface area contributed by atoms with Gasteiger partial charge in [0.2, 0.25) is 0 Å². The van der Waals surface area contributed by atoms with Crippen LogP contribution in [0.5, 0.6) is 0 Å².